The number of carbonyl (C=O) groups excluding carboxylic acids is 1. The van der Waals surface area contributed by atoms with Crippen molar-refractivity contribution in [1.82, 2.24) is 15.1 Å². The van der Waals surface area contributed by atoms with Crippen LogP contribution >= 0.6 is 0 Å². The van der Waals surface area contributed by atoms with Crippen LogP contribution < -0.4 is 5.32 Å². The van der Waals surface area contributed by atoms with E-state index in [-0.39, 0.29) is 30.1 Å². The van der Waals surface area contributed by atoms with Gasteiger partial charge < -0.3 is 15.2 Å². The number of amides is 1. The Morgan fingerprint density at radius 2 is 2.04 bits per heavy atom. The Balaban J connectivity index is 1.75. The van der Waals surface area contributed by atoms with Crippen molar-refractivity contribution in [2.24, 2.45) is 5.92 Å². The van der Waals surface area contributed by atoms with Crippen molar-refractivity contribution in [3.63, 3.8) is 0 Å². The Morgan fingerprint density at radius 1 is 1.38 bits per heavy atom. The van der Waals surface area contributed by atoms with Gasteiger partial charge in [-0.3, -0.25) is 9.48 Å². The molecule has 1 amide bonds. The van der Waals surface area contributed by atoms with E-state index in [9.17, 15) is 9.90 Å². The number of aromatic nitrogens is 2. The maximum Gasteiger partial charge on any atom is 0.270 e. The van der Waals surface area contributed by atoms with Crippen LogP contribution in [0.5, 0.6) is 0 Å². The number of nitrogens with one attached hydrogen (secondary N) is 1. The van der Waals surface area contributed by atoms with E-state index in [0.717, 1.165) is 43.4 Å². The molecule has 0 radical (unpaired) electrons. The molecular formula is C20H33N3O3. The minimum Gasteiger partial charge on any atom is -0.390 e. The largest absolute Gasteiger partial charge is 0.390 e. The maximum absolute atomic E-state index is 13.1. The second kappa shape index (κ2) is 7.31. The molecule has 2 N–H and O–H groups in total. The van der Waals surface area contributed by atoms with Gasteiger partial charge >= 0.3 is 0 Å². The first kappa shape index (κ1) is 19.4. The van der Waals surface area contributed by atoms with E-state index in [4.69, 9.17) is 4.74 Å². The van der Waals surface area contributed by atoms with Gasteiger partial charge in [-0.2, -0.15) is 5.10 Å². The third-order valence-corrected chi connectivity index (χ3v) is 6.17. The van der Waals surface area contributed by atoms with E-state index in [1.54, 1.807) is 0 Å². The Kier molecular flexibility index (Phi) is 5.45. The van der Waals surface area contributed by atoms with E-state index >= 15 is 0 Å². The monoisotopic (exact) mass is 363 g/mol. The average Bonchev–Trinajstić information content (AvgIpc) is 2.95. The maximum atomic E-state index is 13.1. The van der Waals surface area contributed by atoms with E-state index in [1.807, 2.05) is 25.5 Å². The van der Waals surface area contributed by atoms with Gasteiger partial charge in [0.05, 0.1) is 23.5 Å². The van der Waals surface area contributed by atoms with E-state index in [1.165, 1.54) is 0 Å². The highest BCUT2D eigenvalue weighted by Crippen LogP contribution is 2.35. The first-order chi connectivity index (χ1) is 12.2. The topological polar surface area (TPSA) is 76.4 Å². The van der Waals surface area contributed by atoms with Gasteiger partial charge in [-0.05, 0) is 52.4 Å². The lowest BCUT2D eigenvalue weighted by Crippen LogP contribution is -2.46. The molecule has 0 aromatic carbocycles. The first-order valence-electron chi connectivity index (χ1n) is 10.0. The van der Waals surface area contributed by atoms with Gasteiger partial charge in [0.25, 0.3) is 5.91 Å². The summed E-state index contributed by atoms with van der Waals surface area (Å²) < 4.78 is 7.68. The molecule has 1 aliphatic heterocycles. The lowest BCUT2D eigenvalue weighted by atomic mass is 9.75. The van der Waals surface area contributed by atoms with Gasteiger partial charge in [-0.25, -0.2) is 0 Å². The Labute approximate surface area is 156 Å². The lowest BCUT2D eigenvalue weighted by molar-refractivity contribution is -0.0424. The molecular weight excluding hydrogens is 330 g/mol. The van der Waals surface area contributed by atoms with Crippen molar-refractivity contribution in [2.75, 3.05) is 0 Å². The molecule has 0 bridgehead atoms. The molecule has 26 heavy (non-hydrogen) atoms. The van der Waals surface area contributed by atoms with E-state index in [2.05, 4.69) is 24.3 Å². The molecule has 0 saturated heterocycles. The molecule has 2 aliphatic rings. The summed E-state index contributed by atoms with van der Waals surface area (Å²) in [7, 11) is 0. The van der Waals surface area contributed by atoms with Crippen LogP contribution in [0.4, 0.5) is 0 Å². The van der Waals surface area contributed by atoms with Crippen molar-refractivity contribution in [3.05, 3.63) is 17.0 Å². The van der Waals surface area contributed by atoms with Crippen LogP contribution in [0, 0.1) is 5.92 Å². The fraction of sp³-hybridized carbons (Fsp3) is 0.800. The Morgan fingerprint density at radius 3 is 2.62 bits per heavy atom. The number of ether oxygens (including phenoxy) is 1. The molecule has 1 fully saturated rings. The molecule has 6 heteroatoms. The van der Waals surface area contributed by atoms with Crippen LogP contribution in [0.3, 0.4) is 0 Å². The predicted octanol–water partition coefficient (Wildman–Crippen LogP) is 2.98. The number of carbonyl (C=O) groups is 1. The second-order valence-electron chi connectivity index (χ2n) is 8.33. The zero-order valence-corrected chi connectivity index (χ0v) is 16.7. The van der Waals surface area contributed by atoms with Crippen molar-refractivity contribution < 1.29 is 14.6 Å². The first-order valence-corrected chi connectivity index (χ1v) is 10.0. The summed E-state index contributed by atoms with van der Waals surface area (Å²) in [5.41, 5.74) is 2.03. The quantitative estimate of drug-likeness (QED) is 0.862. The summed E-state index contributed by atoms with van der Waals surface area (Å²) in [5, 5.41) is 18.5. The van der Waals surface area contributed by atoms with Crippen LogP contribution in [-0.2, 0) is 17.7 Å². The van der Waals surface area contributed by atoms with Crippen molar-refractivity contribution in [3.8, 4) is 0 Å². The molecule has 2 atom stereocenters. The van der Waals surface area contributed by atoms with Gasteiger partial charge in [-0.1, -0.05) is 13.8 Å². The van der Waals surface area contributed by atoms with Gasteiger partial charge in [0, 0.05) is 24.6 Å². The van der Waals surface area contributed by atoms with Crippen molar-refractivity contribution >= 4 is 5.91 Å². The number of rotatable bonds is 4. The molecule has 146 valence electrons. The predicted molar refractivity (Wildman–Crippen MR) is 100 cm³/mol. The third-order valence-electron chi connectivity index (χ3n) is 6.17. The van der Waals surface area contributed by atoms with Gasteiger partial charge in [0.1, 0.15) is 5.69 Å². The number of hydrogen-bond donors (Lipinski definition) is 2. The molecule has 1 aromatic rings. The summed E-state index contributed by atoms with van der Waals surface area (Å²) in [6, 6.07) is 0.118. The zero-order valence-electron chi connectivity index (χ0n) is 16.7. The minimum atomic E-state index is -0.589. The van der Waals surface area contributed by atoms with Gasteiger partial charge in [0.2, 0.25) is 0 Å². The third kappa shape index (κ3) is 3.54. The molecule has 1 saturated carbocycles. The van der Waals surface area contributed by atoms with Crippen LogP contribution in [0.2, 0.25) is 0 Å². The fourth-order valence-electron chi connectivity index (χ4n) is 4.37. The molecule has 2 heterocycles. The van der Waals surface area contributed by atoms with Crippen molar-refractivity contribution in [1.29, 1.82) is 0 Å². The van der Waals surface area contributed by atoms with E-state index in [0.29, 0.717) is 12.2 Å². The summed E-state index contributed by atoms with van der Waals surface area (Å²) >= 11 is 0. The number of nitrogens with zero attached hydrogens (tertiary/aromatic N) is 2. The molecule has 1 aromatic heterocycles. The summed E-state index contributed by atoms with van der Waals surface area (Å²) in [5.74, 6) is 0.206. The molecule has 1 aliphatic carbocycles. The number of aryl methyl sites for hydroxylation is 1. The minimum absolute atomic E-state index is 0.0399. The molecule has 6 nitrogen and oxygen atoms in total. The summed E-state index contributed by atoms with van der Waals surface area (Å²) in [6.07, 6.45) is 3.85. The van der Waals surface area contributed by atoms with Gasteiger partial charge in [0.15, 0.2) is 0 Å². The number of aliphatic hydroxyl groups is 1. The molecule has 0 spiro atoms. The average molecular weight is 364 g/mol. The highest BCUT2D eigenvalue weighted by molar-refractivity contribution is 5.94. The number of fused-ring (bicyclic) bond motifs is 1. The standard InChI is InChI=1S/C20H33N3O3/c1-6-23-18(16-11-13(4)26-14(5)17(16)22-23)19(24)21-15-7-9-20(25,10-8-15)12(2)3/h12-15,25H,6-11H2,1-5H3,(H,21,24)/t13-,14+,15?,20?/m0/s1. The fourth-order valence-corrected chi connectivity index (χ4v) is 4.37. The van der Waals surface area contributed by atoms with Crippen LogP contribution in [0.25, 0.3) is 0 Å². The van der Waals surface area contributed by atoms with Crippen LogP contribution in [-0.4, -0.2) is 38.5 Å². The SMILES string of the molecule is CCn1nc2c(c1C(=O)NC1CCC(O)(C(C)C)CC1)C[C@H](C)O[C@@H]2C. The molecule has 0 unspecified atom stereocenters. The highest BCUT2D eigenvalue weighted by Gasteiger charge is 2.37. The lowest BCUT2D eigenvalue weighted by Gasteiger charge is -2.39. The van der Waals surface area contributed by atoms with Crippen LogP contribution in [0.15, 0.2) is 0 Å². The second-order valence-corrected chi connectivity index (χ2v) is 8.33. The summed E-state index contributed by atoms with van der Waals surface area (Å²) in [4.78, 5) is 13.1. The highest BCUT2D eigenvalue weighted by atomic mass is 16.5. The van der Waals surface area contributed by atoms with Crippen molar-refractivity contribution in [2.45, 2.75) is 97.1 Å². The summed E-state index contributed by atoms with van der Waals surface area (Å²) in [6.45, 7) is 10.8. The normalized spacial score (nSPS) is 31.7. The smallest absolute Gasteiger partial charge is 0.270 e. The van der Waals surface area contributed by atoms with Gasteiger partial charge in [-0.15, -0.1) is 0 Å². The Bertz CT molecular complexity index is 660. The number of hydrogen-bond acceptors (Lipinski definition) is 4. The Hall–Kier alpha value is -1.40. The van der Waals surface area contributed by atoms with E-state index < -0.39 is 5.60 Å². The zero-order chi connectivity index (χ0) is 19.1. The molecule has 3 rings (SSSR count). The van der Waals surface area contributed by atoms with Crippen LogP contribution in [0.1, 0.15) is 88.2 Å².